The summed E-state index contributed by atoms with van der Waals surface area (Å²) in [5.74, 6) is 0.907. The Labute approximate surface area is 118 Å². The Kier molecular flexibility index (Phi) is 4.48. The van der Waals surface area contributed by atoms with Gasteiger partial charge in [-0.2, -0.15) is 0 Å². The molecule has 0 aliphatic heterocycles. The van der Waals surface area contributed by atoms with Crippen LogP contribution in [0.2, 0.25) is 0 Å². The minimum Gasteiger partial charge on any atom is -0.491 e. The smallest absolute Gasteiger partial charge is 0.155 e. The zero-order valence-corrected chi connectivity index (χ0v) is 12.7. The predicted molar refractivity (Wildman–Crippen MR) is 76.1 cm³/mol. The van der Waals surface area contributed by atoms with Gasteiger partial charge >= 0.3 is 0 Å². The minimum absolute atomic E-state index is 0.212. The summed E-state index contributed by atoms with van der Waals surface area (Å²) in [4.78, 5) is 5.45. The van der Waals surface area contributed by atoms with Gasteiger partial charge in [0, 0.05) is 4.90 Å². The lowest BCUT2D eigenvalue weighted by atomic mass is 10.3. The van der Waals surface area contributed by atoms with Crippen molar-refractivity contribution < 1.29 is 4.74 Å². The number of nitrogens with zero attached hydrogens (tertiary/aromatic N) is 1. The number of halogens is 1. The predicted octanol–water partition coefficient (Wildman–Crippen LogP) is 4.84. The summed E-state index contributed by atoms with van der Waals surface area (Å²) in [6.07, 6.45) is 2.03. The number of hydrogen-bond donors (Lipinski definition) is 0. The first-order chi connectivity index (χ1) is 8.13. The monoisotopic (exact) mass is 329 g/mol. The molecule has 5 heteroatoms. The Morgan fingerprint density at radius 2 is 2.00 bits per heavy atom. The molecule has 0 spiro atoms. The van der Waals surface area contributed by atoms with Crippen LogP contribution in [0.15, 0.2) is 43.5 Å². The summed E-state index contributed by atoms with van der Waals surface area (Å²) in [5, 5.41) is 0. The van der Waals surface area contributed by atoms with Gasteiger partial charge in [0.05, 0.1) is 16.1 Å². The Morgan fingerprint density at radius 3 is 2.53 bits per heavy atom. The molecule has 2 rings (SSSR count). The van der Waals surface area contributed by atoms with E-state index in [0.717, 1.165) is 13.9 Å². The van der Waals surface area contributed by atoms with Crippen molar-refractivity contribution in [3.8, 4) is 5.75 Å². The van der Waals surface area contributed by atoms with Crippen LogP contribution in [-0.2, 0) is 0 Å². The number of rotatable bonds is 4. The third-order valence-electron chi connectivity index (χ3n) is 1.86. The van der Waals surface area contributed by atoms with Crippen molar-refractivity contribution in [3.63, 3.8) is 0 Å². The number of aromatic nitrogens is 1. The van der Waals surface area contributed by atoms with Gasteiger partial charge in [0.2, 0.25) is 0 Å². The fraction of sp³-hybridized carbons (Fsp3) is 0.250. The van der Waals surface area contributed by atoms with Crippen molar-refractivity contribution in [3.05, 3.63) is 34.2 Å². The number of ether oxygens (including phenoxy) is 1. The van der Waals surface area contributed by atoms with Crippen molar-refractivity contribution in [2.24, 2.45) is 0 Å². The first-order valence-electron chi connectivity index (χ1n) is 5.19. The van der Waals surface area contributed by atoms with Crippen molar-refractivity contribution in [1.82, 2.24) is 4.98 Å². The highest BCUT2D eigenvalue weighted by atomic mass is 79.9. The normalized spacial score (nSPS) is 10.8. The fourth-order valence-electron chi connectivity index (χ4n) is 1.25. The number of thiazole rings is 1. The molecule has 0 N–H and O–H groups in total. The molecule has 0 saturated heterocycles. The van der Waals surface area contributed by atoms with E-state index in [-0.39, 0.29) is 6.10 Å². The lowest BCUT2D eigenvalue weighted by molar-refractivity contribution is 0.242. The molecular weight excluding hydrogens is 318 g/mol. The van der Waals surface area contributed by atoms with Crippen molar-refractivity contribution in [2.45, 2.75) is 29.2 Å². The molecule has 2 aromatic rings. The molecule has 90 valence electrons. The van der Waals surface area contributed by atoms with Crippen LogP contribution in [0.1, 0.15) is 13.8 Å². The number of hydrogen-bond acceptors (Lipinski definition) is 4. The van der Waals surface area contributed by atoms with Crippen molar-refractivity contribution >= 4 is 39.0 Å². The highest BCUT2D eigenvalue weighted by Gasteiger charge is 2.03. The SMILES string of the molecule is CC(C)Oc1ccc(Sc2ncc(Br)s2)cc1. The molecule has 0 radical (unpaired) electrons. The molecule has 0 unspecified atom stereocenters. The molecule has 1 heterocycles. The van der Waals surface area contributed by atoms with Gasteiger partial charge in [-0.15, -0.1) is 11.3 Å². The second-order valence-electron chi connectivity index (χ2n) is 3.67. The maximum Gasteiger partial charge on any atom is 0.155 e. The van der Waals surface area contributed by atoms with Crippen LogP contribution in [0.3, 0.4) is 0 Å². The van der Waals surface area contributed by atoms with Crippen LogP contribution in [0.25, 0.3) is 0 Å². The standard InChI is InChI=1S/C12H12BrNOS2/c1-8(2)15-9-3-5-10(6-4-9)16-12-14-7-11(13)17-12/h3-8H,1-2H3. The van der Waals surface area contributed by atoms with E-state index in [4.69, 9.17) is 4.74 Å². The average molecular weight is 330 g/mol. The summed E-state index contributed by atoms with van der Waals surface area (Å²) in [6.45, 7) is 4.05. The molecule has 0 bridgehead atoms. The third-order valence-corrected chi connectivity index (χ3v) is 4.42. The van der Waals surface area contributed by atoms with Gasteiger partial charge in [-0.1, -0.05) is 11.8 Å². The maximum atomic E-state index is 5.59. The largest absolute Gasteiger partial charge is 0.491 e. The van der Waals surface area contributed by atoms with Gasteiger partial charge in [0.15, 0.2) is 4.34 Å². The van der Waals surface area contributed by atoms with Gasteiger partial charge < -0.3 is 4.74 Å². The van der Waals surface area contributed by atoms with Gasteiger partial charge in [0.25, 0.3) is 0 Å². The Hall–Kier alpha value is -0.520. The van der Waals surface area contributed by atoms with Crippen LogP contribution >= 0.6 is 39.0 Å². The summed E-state index contributed by atoms with van der Waals surface area (Å²) in [7, 11) is 0. The van der Waals surface area contributed by atoms with Crippen LogP contribution in [0, 0.1) is 0 Å². The first kappa shape index (κ1) is 12.9. The van der Waals surface area contributed by atoms with E-state index >= 15 is 0 Å². The highest BCUT2D eigenvalue weighted by molar-refractivity contribution is 9.11. The molecule has 0 saturated carbocycles. The van der Waals surface area contributed by atoms with E-state index in [0.29, 0.717) is 0 Å². The minimum atomic E-state index is 0.212. The topological polar surface area (TPSA) is 22.1 Å². The molecule has 0 atom stereocenters. The van der Waals surface area contributed by atoms with Crippen molar-refractivity contribution in [2.75, 3.05) is 0 Å². The summed E-state index contributed by atoms with van der Waals surface area (Å²) >= 11 is 6.70. The molecule has 0 aliphatic rings. The van der Waals surface area contributed by atoms with Crippen LogP contribution in [0.4, 0.5) is 0 Å². The van der Waals surface area contributed by atoms with Gasteiger partial charge in [-0.3, -0.25) is 0 Å². The zero-order chi connectivity index (χ0) is 12.3. The quantitative estimate of drug-likeness (QED) is 0.800. The summed E-state index contributed by atoms with van der Waals surface area (Å²) in [5.41, 5.74) is 0. The van der Waals surface area contributed by atoms with Crippen LogP contribution < -0.4 is 4.74 Å². The Bertz CT molecular complexity index is 482. The second-order valence-corrected chi connectivity index (χ2v) is 7.40. The Morgan fingerprint density at radius 1 is 1.29 bits per heavy atom. The van der Waals surface area contributed by atoms with E-state index < -0.39 is 0 Å². The van der Waals surface area contributed by atoms with E-state index in [1.165, 1.54) is 4.90 Å². The second kappa shape index (κ2) is 5.89. The maximum absolute atomic E-state index is 5.59. The highest BCUT2D eigenvalue weighted by Crippen LogP contribution is 2.33. The fourth-order valence-corrected chi connectivity index (χ4v) is 3.81. The van der Waals surface area contributed by atoms with Gasteiger partial charge in [-0.05, 0) is 54.0 Å². The summed E-state index contributed by atoms with van der Waals surface area (Å²) < 4.78 is 7.69. The molecule has 1 aromatic carbocycles. The van der Waals surface area contributed by atoms with Crippen LogP contribution in [-0.4, -0.2) is 11.1 Å². The van der Waals surface area contributed by atoms with E-state index in [2.05, 4.69) is 33.0 Å². The third kappa shape index (κ3) is 4.01. The molecule has 1 aromatic heterocycles. The number of benzene rings is 1. The molecule has 0 aliphatic carbocycles. The zero-order valence-electron chi connectivity index (χ0n) is 9.51. The van der Waals surface area contributed by atoms with E-state index in [1.54, 1.807) is 23.1 Å². The molecule has 17 heavy (non-hydrogen) atoms. The van der Waals surface area contributed by atoms with Gasteiger partial charge in [0.1, 0.15) is 5.75 Å². The van der Waals surface area contributed by atoms with Crippen LogP contribution in [0.5, 0.6) is 5.75 Å². The molecule has 0 fully saturated rings. The van der Waals surface area contributed by atoms with Crippen molar-refractivity contribution in [1.29, 1.82) is 0 Å². The average Bonchev–Trinajstić information content (AvgIpc) is 2.66. The lowest BCUT2D eigenvalue weighted by Gasteiger charge is -2.09. The lowest BCUT2D eigenvalue weighted by Crippen LogP contribution is -2.04. The Balaban J connectivity index is 2.03. The molecule has 2 nitrogen and oxygen atoms in total. The first-order valence-corrected chi connectivity index (χ1v) is 7.62. The van der Waals surface area contributed by atoms with Gasteiger partial charge in [-0.25, -0.2) is 4.98 Å². The van der Waals surface area contributed by atoms with E-state index in [1.807, 2.05) is 32.2 Å². The molecular formula is C12H12BrNOS2. The molecule has 0 amide bonds. The summed E-state index contributed by atoms with van der Waals surface area (Å²) in [6, 6.07) is 8.09. The van der Waals surface area contributed by atoms with E-state index in [9.17, 15) is 0 Å².